The van der Waals surface area contributed by atoms with E-state index in [0.717, 1.165) is 36.4 Å². The molecular weight excluding hydrogens is 456 g/mol. The number of aromatic carboxylic acids is 1. The third-order valence-corrected chi connectivity index (χ3v) is 6.77. The van der Waals surface area contributed by atoms with Gasteiger partial charge >= 0.3 is 11.9 Å². The van der Waals surface area contributed by atoms with E-state index in [0.29, 0.717) is 30.6 Å². The van der Waals surface area contributed by atoms with Crippen LogP contribution in [0.15, 0.2) is 79.1 Å². The molecule has 0 bridgehead atoms. The molecule has 0 spiro atoms. The zero-order valence-electron chi connectivity index (χ0n) is 19.8. The first-order valence-electron chi connectivity index (χ1n) is 12.0. The molecule has 2 aromatic heterocycles. The number of aromatic nitrogens is 2. The maximum absolute atomic E-state index is 12.6. The van der Waals surface area contributed by atoms with Gasteiger partial charge in [-0.15, -0.1) is 0 Å². The van der Waals surface area contributed by atoms with Gasteiger partial charge in [0.05, 0.1) is 11.3 Å². The maximum atomic E-state index is 12.6. The molecule has 8 nitrogen and oxygen atoms in total. The highest BCUT2D eigenvalue weighted by atomic mass is 16.4. The zero-order chi connectivity index (χ0) is 25.1. The van der Waals surface area contributed by atoms with Crippen molar-refractivity contribution >= 4 is 22.8 Å². The SMILES string of the molecule is O=C(O)c1ccc2c(c1)c([C@@H](C(=O)O)N1CCN(Cc3ccccn3)CC1)cn2Cc1ccccc1. The van der Waals surface area contributed by atoms with Gasteiger partial charge in [0.2, 0.25) is 0 Å². The molecule has 0 saturated carbocycles. The molecule has 0 aliphatic carbocycles. The van der Waals surface area contributed by atoms with Crippen LogP contribution in [0, 0.1) is 0 Å². The van der Waals surface area contributed by atoms with Crippen molar-refractivity contribution in [2.75, 3.05) is 26.2 Å². The third kappa shape index (κ3) is 5.00. The summed E-state index contributed by atoms with van der Waals surface area (Å²) in [5.74, 6) is -1.97. The van der Waals surface area contributed by atoms with Gasteiger partial charge in [-0.1, -0.05) is 36.4 Å². The number of fused-ring (bicyclic) bond motifs is 1. The number of rotatable bonds is 8. The quantitative estimate of drug-likeness (QED) is 0.393. The van der Waals surface area contributed by atoms with E-state index in [-0.39, 0.29) is 5.56 Å². The van der Waals surface area contributed by atoms with E-state index in [2.05, 4.69) is 9.88 Å². The van der Waals surface area contributed by atoms with Crippen molar-refractivity contribution in [3.63, 3.8) is 0 Å². The molecule has 184 valence electrons. The lowest BCUT2D eigenvalue weighted by Gasteiger charge is -2.37. The molecule has 0 unspecified atom stereocenters. The Bertz CT molecular complexity index is 1360. The van der Waals surface area contributed by atoms with Gasteiger partial charge in [0.25, 0.3) is 0 Å². The Balaban J connectivity index is 1.45. The second-order valence-electron chi connectivity index (χ2n) is 9.11. The first-order valence-corrected chi connectivity index (χ1v) is 12.0. The van der Waals surface area contributed by atoms with Crippen LogP contribution in [-0.4, -0.2) is 67.7 Å². The number of carbonyl (C=O) groups is 2. The fraction of sp³-hybridized carbons (Fsp3) is 0.250. The number of aliphatic carboxylic acids is 1. The van der Waals surface area contributed by atoms with Crippen LogP contribution in [0.4, 0.5) is 0 Å². The number of piperazine rings is 1. The van der Waals surface area contributed by atoms with Crippen LogP contribution in [0.3, 0.4) is 0 Å². The van der Waals surface area contributed by atoms with Gasteiger partial charge < -0.3 is 14.8 Å². The average molecular weight is 485 g/mol. The third-order valence-electron chi connectivity index (χ3n) is 6.77. The normalized spacial score (nSPS) is 15.7. The van der Waals surface area contributed by atoms with Crippen molar-refractivity contribution in [3.8, 4) is 0 Å². The van der Waals surface area contributed by atoms with Crippen molar-refractivity contribution in [3.05, 3.63) is 102 Å². The van der Waals surface area contributed by atoms with E-state index in [1.807, 2.05) is 64.2 Å². The van der Waals surface area contributed by atoms with E-state index in [1.165, 1.54) is 0 Å². The van der Waals surface area contributed by atoms with Gasteiger partial charge in [-0.3, -0.25) is 19.6 Å². The molecule has 5 rings (SSSR count). The number of hydrogen-bond donors (Lipinski definition) is 2. The minimum Gasteiger partial charge on any atom is -0.480 e. The van der Waals surface area contributed by atoms with Crippen LogP contribution in [-0.2, 0) is 17.9 Å². The number of benzene rings is 2. The number of carboxylic acids is 2. The highest BCUT2D eigenvalue weighted by molar-refractivity contribution is 5.96. The van der Waals surface area contributed by atoms with Crippen LogP contribution < -0.4 is 0 Å². The van der Waals surface area contributed by atoms with Crippen molar-refractivity contribution in [1.29, 1.82) is 0 Å². The Morgan fingerprint density at radius 2 is 1.64 bits per heavy atom. The number of hydrogen-bond acceptors (Lipinski definition) is 5. The Hall–Kier alpha value is -4.01. The number of pyridine rings is 1. The standard InChI is InChI=1S/C28H28N4O4/c33-27(34)21-9-10-25-23(16-21)24(19-32(25)17-20-6-2-1-3-7-20)26(28(35)36)31-14-12-30(13-15-31)18-22-8-4-5-11-29-22/h1-11,16,19,26H,12-15,17-18H2,(H,33,34)(H,35,36)/t26-/m0/s1. The van der Waals surface area contributed by atoms with Gasteiger partial charge in [-0.25, -0.2) is 4.79 Å². The van der Waals surface area contributed by atoms with Gasteiger partial charge in [-0.2, -0.15) is 0 Å². The topological polar surface area (TPSA) is 98.9 Å². The summed E-state index contributed by atoms with van der Waals surface area (Å²) in [5, 5.41) is 20.6. The van der Waals surface area contributed by atoms with Crippen LogP contribution in [0.25, 0.3) is 10.9 Å². The molecule has 36 heavy (non-hydrogen) atoms. The van der Waals surface area contributed by atoms with Crippen LogP contribution >= 0.6 is 0 Å². The molecule has 1 atom stereocenters. The van der Waals surface area contributed by atoms with Gasteiger partial charge in [0.1, 0.15) is 6.04 Å². The summed E-state index contributed by atoms with van der Waals surface area (Å²) in [4.78, 5) is 33.0. The molecule has 4 aromatic rings. The van der Waals surface area contributed by atoms with Crippen molar-refractivity contribution in [1.82, 2.24) is 19.4 Å². The van der Waals surface area contributed by atoms with Crippen molar-refractivity contribution in [2.45, 2.75) is 19.1 Å². The smallest absolute Gasteiger partial charge is 0.335 e. The summed E-state index contributed by atoms with van der Waals surface area (Å²) < 4.78 is 2.01. The monoisotopic (exact) mass is 484 g/mol. The molecule has 0 radical (unpaired) electrons. The van der Waals surface area contributed by atoms with Crippen molar-refractivity contribution < 1.29 is 19.8 Å². The van der Waals surface area contributed by atoms with E-state index in [9.17, 15) is 19.8 Å². The number of carboxylic acid groups (broad SMARTS) is 2. The lowest BCUT2D eigenvalue weighted by atomic mass is 10.0. The molecule has 2 N–H and O–H groups in total. The second-order valence-corrected chi connectivity index (χ2v) is 9.11. The first-order chi connectivity index (χ1) is 17.5. The summed E-state index contributed by atoms with van der Waals surface area (Å²) in [6, 6.07) is 19.9. The van der Waals surface area contributed by atoms with E-state index in [4.69, 9.17) is 0 Å². The molecule has 1 aliphatic heterocycles. The Morgan fingerprint density at radius 1 is 0.889 bits per heavy atom. The summed E-state index contributed by atoms with van der Waals surface area (Å²) >= 11 is 0. The maximum Gasteiger partial charge on any atom is 0.335 e. The van der Waals surface area contributed by atoms with Crippen LogP contribution in [0.1, 0.15) is 33.2 Å². The highest BCUT2D eigenvalue weighted by Gasteiger charge is 2.33. The van der Waals surface area contributed by atoms with E-state index >= 15 is 0 Å². The lowest BCUT2D eigenvalue weighted by molar-refractivity contribution is -0.144. The fourth-order valence-corrected chi connectivity index (χ4v) is 4.97. The first kappa shape index (κ1) is 23.7. The van der Waals surface area contributed by atoms with Crippen LogP contribution in [0.5, 0.6) is 0 Å². The van der Waals surface area contributed by atoms with Gasteiger partial charge in [-0.05, 0) is 35.9 Å². The Kier molecular flexibility index (Phi) is 6.79. The Morgan fingerprint density at radius 3 is 2.31 bits per heavy atom. The summed E-state index contributed by atoms with van der Waals surface area (Å²) in [6.07, 6.45) is 3.66. The highest BCUT2D eigenvalue weighted by Crippen LogP contribution is 2.33. The molecule has 1 aliphatic rings. The molecule has 1 fully saturated rings. The predicted molar refractivity (Wildman–Crippen MR) is 136 cm³/mol. The number of nitrogens with zero attached hydrogens (tertiary/aromatic N) is 4. The largest absolute Gasteiger partial charge is 0.480 e. The average Bonchev–Trinajstić information content (AvgIpc) is 3.23. The Labute approximate surface area is 209 Å². The van der Waals surface area contributed by atoms with E-state index in [1.54, 1.807) is 24.4 Å². The van der Waals surface area contributed by atoms with Gasteiger partial charge in [0, 0.05) is 68.1 Å². The van der Waals surface area contributed by atoms with Crippen molar-refractivity contribution in [2.24, 2.45) is 0 Å². The molecule has 1 saturated heterocycles. The molecule has 3 heterocycles. The summed E-state index contributed by atoms with van der Waals surface area (Å²) in [7, 11) is 0. The predicted octanol–water partition coefficient (Wildman–Crippen LogP) is 3.73. The molecule has 8 heteroatoms. The fourth-order valence-electron chi connectivity index (χ4n) is 4.97. The van der Waals surface area contributed by atoms with E-state index < -0.39 is 18.0 Å². The summed E-state index contributed by atoms with van der Waals surface area (Å²) in [5.41, 5.74) is 3.66. The lowest BCUT2D eigenvalue weighted by Crippen LogP contribution is -2.48. The summed E-state index contributed by atoms with van der Waals surface area (Å²) in [6.45, 7) is 3.92. The molecule has 2 aromatic carbocycles. The second kappa shape index (κ2) is 10.3. The van der Waals surface area contributed by atoms with Gasteiger partial charge in [0.15, 0.2) is 0 Å². The minimum atomic E-state index is -1.03. The zero-order valence-corrected chi connectivity index (χ0v) is 19.8. The molecular formula is C28H28N4O4. The molecule has 0 amide bonds. The van der Waals surface area contributed by atoms with Crippen LogP contribution in [0.2, 0.25) is 0 Å². The minimum absolute atomic E-state index is 0.144.